The lowest BCUT2D eigenvalue weighted by atomic mass is 10.2. The Morgan fingerprint density at radius 2 is 2.00 bits per heavy atom. The van der Waals surface area contributed by atoms with E-state index >= 15 is 0 Å². The number of carbonyl (C=O) groups excluding carboxylic acids is 2. The van der Waals surface area contributed by atoms with Crippen LogP contribution in [0.25, 0.3) is 0 Å². The Hall–Kier alpha value is -2.12. The van der Waals surface area contributed by atoms with E-state index in [2.05, 4.69) is 11.2 Å². The maximum absolute atomic E-state index is 13.0. The van der Waals surface area contributed by atoms with Crippen molar-refractivity contribution in [2.75, 3.05) is 26.2 Å². The highest BCUT2D eigenvalue weighted by Crippen LogP contribution is 2.28. The molecule has 1 amide bonds. The van der Waals surface area contributed by atoms with E-state index in [4.69, 9.17) is 27.5 Å². The highest BCUT2D eigenvalue weighted by molar-refractivity contribution is 7.89. The number of amides is 1. The summed E-state index contributed by atoms with van der Waals surface area (Å²) in [5.41, 5.74) is -0.0397. The fourth-order valence-corrected chi connectivity index (χ4v) is 4.80. The maximum Gasteiger partial charge on any atom is 0.338 e. The number of benzene rings is 1. The Morgan fingerprint density at radius 1 is 1.36 bits per heavy atom. The smallest absolute Gasteiger partial charge is 0.338 e. The van der Waals surface area contributed by atoms with Crippen LogP contribution in [-0.4, -0.2) is 63.0 Å². The van der Waals surface area contributed by atoms with E-state index in [0.29, 0.717) is 0 Å². The summed E-state index contributed by atoms with van der Waals surface area (Å²) >= 11 is 6.09. The maximum atomic E-state index is 13.0. The third kappa shape index (κ3) is 5.45. The van der Waals surface area contributed by atoms with Gasteiger partial charge in [0.2, 0.25) is 10.0 Å². The first kappa shape index (κ1) is 22.2. The van der Waals surface area contributed by atoms with Gasteiger partial charge in [-0.3, -0.25) is 4.79 Å². The van der Waals surface area contributed by atoms with Crippen molar-refractivity contribution in [3.8, 4) is 12.3 Å². The van der Waals surface area contributed by atoms with Gasteiger partial charge in [-0.2, -0.15) is 4.31 Å². The van der Waals surface area contributed by atoms with Crippen molar-refractivity contribution in [3.63, 3.8) is 0 Å². The molecule has 1 fully saturated rings. The number of hydrogen-bond donors (Lipinski definition) is 1. The van der Waals surface area contributed by atoms with Gasteiger partial charge < -0.3 is 14.8 Å². The van der Waals surface area contributed by atoms with Gasteiger partial charge >= 0.3 is 5.97 Å². The Morgan fingerprint density at radius 3 is 2.61 bits per heavy atom. The quantitative estimate of drug-likeness (QED) is 0.536. The standard InChI is InChI=1S/C18H21ClN2O6S/c1-4-7-20-17(22)11-26-18(23)14-5-6-15(19)16(8-14)28(24,25)21-9-12(2)27-13(3)10-21/h1,5-6,8,12-13H,7,9-11H2,2-3H3,(H,20,22)/t12-,13-/m0/s1. The van der Waals surface area contributed by atoms with Gasteiger partial charge in [-0.05, 0) is 32.0 Å². The number of terminal acetylenes is 1. The molecule has 152 valence electrons. The van der Waals surface area contributed by atoms with Gasteiger partial charge in [0.05, 0.1) is 29.3 Å². The Bertz CT molecular complexity index is 886. The molecule has 1 aromatic carbocycles. The number of halogens is 1. The molecule has 2 atom stereocenters. The van der Waals surface area contributed by atoms with Crippen LogP contribution < -0.4 is 5.32 Å². The van der Waals surface area contributed by atoms with Crippen molar-refractivity contribution >= 4 is 33.5 Å². The summed E-state index contributed by atoms with van der Waals surface area (Å²) in [6.07, 6.45) is 4.48. The van der Waals surface area contributed by atoms with E-state index in [0.717, 1.165) is 6.07 Å². The summed E-state index contributed by atoms with van der Waals surface area (Å²) in [5, 5.41) is 2.33. The van der Waals surface area contributed by atoms with Crippen LogP contribution in [0.3, 0.4) is 0 Å². The molecule has 0 aliphatic carbocycles. The monoisotopic (exact) mass is 428 g/mol. The molecule has 0 saturated carbocycles. The molecule has 1 aromatic rings. The lowest BCUT2D eigenvalue weighted by Crippen LogP contribution is -2.48. The lowest BCUT2D eigenvalue weighted by molar-refractivity contribution is -0.123. The predicted octanol–water partition coefficient (Wildman–Crippen LogP) is 1.04. The average Bonchev–Trinajstić information content (AvgIpc) is 2.63. The molecular weight excluding hydrogens is 408 g/mol. The summed E-state index contributed by atoms with van der Waals surface area (Å²) < 4.78 is 37.7. The highest BCUT2D eigenvalue weighted by Gasteiger charge is 2.34. The molecule has 1 N–H and O–H groups in total. The number of carbonyl (C=O) groups is 2. The number of nitrogens with zero attached hydrogens (tertiary/aromatic N) is 1. The summed E-state index contributed by atoms with van der Waals surface area (Å²) in [4.78, 5) is 23.4. The number of morpholine rings is 1. The Kier molecular flexibility index (Phi) is 7.43. The lowest BCUT2D eigenvalue weighted by Gasteiger charge is -2.34. The van der Waals surface area contributed by atoms with E-state index in [-0.39, 0.29) is 47.3 Å². The summed E-state index contributed by atoms with van der Waals surface area (Å²) in [5.74, 6) is 0.799. The number of sulfonamides is 1. The van der Waals surface area contributed by atoms with Gasteiger partial charge in [0.25, 0.3) is 5.91 Å². The van der Waals surface area contributed by atoms with Crippen LogP contribution in [0.1, 0.15) is 24.2 Å². The second kappa shape index (κ2) is 9.39. The molecule has 0 radical (unpaired) electrons. The first-order valence-corrected chi connectivity index (χ1v) is 10.3. The van der Waals surface area contributed by atoms with Gasteiger partial charge in [0.15, 0.2) is 6.61 Å². The topological polar surface area (TPSA) is 102 Å². The van der Waals surface area contributed by atoms with Crippen LogP contribution in [0.4, 0.5) is 0 Å². The van der Waals surface area contributed by atoms with Gasteiger partial charge in [0, 0.05) is 13.1 Å². The van der Waals surface area contributed by atoms with Crippen molar-refractivity contribution in [1.82, 2.24) is 9.62 Å². The molecule has 1 saturated heterocycles. The minimum Gasteiger partial charge on any atom is -0.452 e. The first-order valence-electron chi connectivity index (χ1n) is 8.47. The van der Waals surface area contributed by atoms with Gasteiger partial charge in [0.1, 0.15) is 4.90 Å². The number of rotatable bonds is 6. The molecule has 2 rings (SSSR count). The van der Waals surface area contributed by atoms with Crippen LogP contribution >= 0.6 is 11.6 Å². The minimum atomic E-state index is -3.95. The fourth-order valence-electron chi connectivity index (χ4n) is 2.71. The van der Waals surface area contributed by atoms with Crippen LogP contribution in [0.15, 0.2) is 23.1 Å². The molecule has 0 bridgehead atoms. The molecule has 0 unspecified atom stereocenters. The second-order valence-corrected chi connectivity index (χ2v) is 8.60. The summed E-state index contributed by atoms with van der Waals surface area (Å²) in [6.45, 7) is 3.37. The van der Waals surface area contributed by atoms with Crippen molar-refractivity contribution < 1.29 is 27.5 Å². The number of nitrogens with one attached hydrogen (secondary N) is 1. The highest BCUT2D eigenvalue weighted by atomic mass is 35.5. The molecule has 1 aliphatic heterocycles. The number of hydrogen-bond acceptors (Lipinski definition) is 6. The van der Waals surface area contributed by atoms with Crippen LogP contribution in [-0.2, 0) is 24.3 Å². The zero-order chi connectivity index (χ0) is 20.9. The van der Waals surface area contributed by atoms with E-state index in [9.17, 15) is 18.0 Å². The fraction of sp³-hybridized carbons (Fsp3) is 0.444. The molecule has 1 aliphatic rings. The van der Waals surface area contributed by atoms with E-state index in [1.54, 1.807) is 13.8 Å². The number of ether oxygens (including phenoxy) is 2. The van der Waals surface area contributed by atoms with Crippen LogP contribution in [0, 0.1) is 12.3 Å². The van der Waals surface area contributed by atoms with Crippen molar-refractivity contribution in [3.05, 3.63) is 28.8 Å². The Labute approximate surface area is 169 Å². The third-order valence-electron chi connectivity index (χ3n) is 3.89. The van der Waals surface area contributed by atoms with E-state index < -0.39 is 28.5 Å². The normalized spacial score (nSPS) is 20.2. The largest absolute Gasteiger partial charge is 0.452 e. The van der Waals surface area contributed by atoms with E-state index in [1.807, 2.05) is 0 Å². The van der Waals surface area contributed by atoms with Crippen molar-refractivity contribution in [1.29, 1.82) is 0 Å². The predicted molar refractivity (Wildman–Crippen MR) is 102 cm³/mol. The van der Waals surface area contributed by atoms with Crippen LogP contribution in [0.2, 0.25) is 5.02 Å². The zero-order valence-electron chi connectivity index (χ0n) is 15.5. The SMILES string of the molecule is C#CCNC(=O)COC(=O)c1ccc(Cl)c(S(=O)(=O)N2C[C@H](C)O[C@@H](C)C2)c1. The molecule has 1 heterocycles. The van der Waals surface area contributed by atoms with Crippen molar-refractivity contribution in [2.24, 2.45) is 0 Å². The first-order chi connectivity index (χ1) is 13.1. The zero-order valence-corrected chi connectivity index (χ0v) is 17.0. The molecule has 28 heavy (non-hydrogen) atoms. The number of esters is 1. The van der Waals surface area contributed by atoms with Crippen molar-refractivity contribution in [2.45, 2.75) is 31.0 Å². The molecule has 8 nitrogen and oxygen atoms in total. The Balaban J connectivity index is 2.19. The third-order valence-corrected chi connectivity index (χ3v) is 6.21. The molecular formula is C18H21ClN2O6S. The average molecular weight is 429 g/mol. The summed E-state index contributed by atoms with van der Waals surface area (Å²) in [7, 11) is -3.95. The van der Waals surface area contributed by atoms with Gasteiger partial charge in [-0.25, -0.2) is 13.2 Å². The van der Waals surface area contributed by atoms with Gasteiger partial charge in [-0.15, -0.1) is 6.42 Å². The second-order valence-electron chi connectivity index (χ2n) is 6.28. The van der Waals surface area contributed by atoms with Gasteiger partial charge in [-0.1, -0.05) is 17.5 Å². The summed E-state index contributed by atoms with van der Waals surface area (Å²) in [6, 6.07) is 3.77. The molecule has 10 heteroatoms. The minimum absolute atomic E-state index is 0.0100. The molecule has 0 spiro atoms. The molecule has 0 aromatic heterocycles. The van der Waals surface area contributed by atoms with E-state index in [1.165, 1.54) is 16.4 Å². The van der Waals surface area contributed by atoms with Crippen LogP contribution in [0.5, 0.6) is 0 Å².